The Balaban J connectivity index is 1.45. The average Bonchev–Trinajstić information content (AvgIpc) is 3.39. The highest BCUT2D eigenvalue weighted by Crippen LogP contribution is 2.41. The van der Waals surface area contributed by atoms with Gasteiger partial charge in [0.2, 0.25) is 0 Å². The summed E-state index contributed by atoms with van der Waals surface area (Å²) >= 11 is 0. The van der Waals surface area contributed by atoms with Gasteiger partial charge >= 0.3 is 0 Å². The van der Waals surface area contributed by atoms with Crippen LogP contribution in [0.4, 0.5) is 5.82 Å². The second-order valence-corrected chi connectivity index (χ2v) is 8.94. The molecule has 1 aromatic carbocycles. The predicted octanol–water partition coefficient (Wildman–Crippen LogP) is 3.67. The van der Waals surface area contributed by atoms with Crippen LogP contribution in [0, 0.1) is 5.92 Å². The van der Waals surface area contributed by atoms with Crippen molar-refractivity contribution in [3.8, 4) is 11.3 Å². The highest BCUT2D eigenvalue weighted by molar-refractivity contribution is 6.03. The maximum atomic E-state index is 12.5. The van der Waals surface area contributed by atoms with Crippen molar-refractivity contribution in [3.63, 3.8) is 0 Å². The molecule has 1 saturated carbocycles. The number of nitrogens with zero attached hydrogens (tertiary/aromatic N) is 3. The molecule has 32 heavy (non-hydrogen) atoms. The van der Waals surface area contributed by atoms with Crippen LogP contribution >= 0.6 is 0 Å². The van der Waals surface area contributed by atoms with Crippen molar-refractivity contribution in [2.24, 2.45) is 11.7 Å². The van der Waals surface area contributed by atoms with Crippen LogP contribution in [-0.4, -0.2) is 26.6 Å². The van der Waals surface area contributed by atoms with E-state index in [9.17, 15) is 9.59 Å². The lowest BCUT2D eigenvalue weighted by Gasteiger charge is -2.06. The second-order valence-electron chi connectivity index (χ2n) is 8.94. The molecule has 1 aliphatic carbocycles. The molecule has 1 atom stereocenters. The van der Waals surface area contributed by atoms with E-state index in [1.165, 1.54) is 12.8 Å². The molecule has 4 N–H and O–H groups in total. The molecule has 0 bridgehead atoms. The third-order valence-corrected chi connectivity index (χ3v) is 6.06. The van der Waals surface area contributed by atoms with Crippen molar-refractivity contribution in [1.82, 2.24) is 14.9 Å². The Labute approximate surface area is 186 Å². The van der Waals surface area contributed by atoms with Crippen molar-refractivity contribution >= 4 is 17.5 Å². The molecule has 1 unspecified atom stereocenters. The molecule has 0 aliphatic heterocycles. The number of anilines is 1. The summed E-state index contributed by atoms with van der Waals surface area (Å²) in [4.78, 5) is 24.5. The largest absolute Gasteiger partial charge is 0.383 e. The van der Waals surface area contributed by atoms with E-state index in [4.69, 9.17) is 16.0 Å². The molecule has 1 amide bonds. The Morgan fingerprint density at radius 1 is 1.16 bits per heavy atom. The number of nitrogens with two attached hydrogens (primary N) is 2. The zero-order valence-electron chi connectivity index (χ0n) is 18.7. The van der Waals surface area contributed by atoms with Crippen LogP contribution in [0.2, 0.25) is 0 Å². The maximum absolute atomic E-state index is 12.5. The number of benzene rings is 1. The van der Waals surface area contributed by atoms with Gasteiger partial charge in [0.1, 0.15) is 28.6 Å². The molecule has 8 nitrogen and oxygen atoms in total. The predicted molar refractivity (Wildman–Crippen MR) is 121 cm³/mol. The highest BCUT2D eigenvalue weighted by atomic mass is 16.5. The standard InChI is InChI=1S/C24H29N5O3/c1-13(2)29-23(25)21(24(26)31)22(27-29)17-6-4-15(5-7-17)10-18(30)11-19-12-20(28-32-19)14(3)16-8-9-16/h4-7,12-14,16H,8-11,25H2,1-3H3,(H2,26,31). The van der Waals surface area contributed by atoms with E-state index in [0.717, 1.165) is 16.8 Å². The molecule has 168 valence electrons. The molecule has 0 saturated heterocycles. The van der Waals surface area contributed by atoms with Crippen molar-refractivity contribution in [3.05, 3.63) is 52.9 Å². The lowest BCUT2D eigenvalue weighted by Crippen LogP contribution is -2.15. The first-order valence-corrected chi connectivity index (χ1v) is 11.0. The van der Waals surface area contributed by atoms with Crippen molar-refractivity contribution < 1.29 is 14.1 Å². The lowest BCUT2D eigenvalue weighted by atomic mass is 10.00. The third-order valence-electron chi connectivity index (χ3n) is 6.06. The number of primary amides is 1. The summed E-state index contributed by atoms with van der Waals surface area (Å²) in [6.45, 7) is 6.01. The summed E-state index contributed by atoms with van der Waals surface area (Å²) in [5.74, 6) is 1.36. The topological polar surface area (TPSA) is 130 Å². The number of ketones is 1. The average molecular weight is 436 g/mol. The van der Waals surface area contributed by atoms with Gasteiger partial charge in [0.15, 0.2) is 0 Å². The Bertz CT molecular complexity index is 1140. The molecule has 1 aliphatic rings. The molecule has 1 fully saturated rings. The summed E-state index contributed by atoms with van der Waals surface area (Å²) in [6, 6.07) is 9.25. The van der Waals surface area contributed by atoms with Crippen molar-refractivity contribution in [2.75, 3.05) is 5.73 Å². The Hall–Kier alpha value is -3.42. The fourth-order valence-electron chi connectivity index (χ4n) is 4.02. The summed E-state index contributed by atoms with van der Waals surface area (Å²) < 4.78 is 6.97. The van der Waals surface area contributed by atoms with Crippen LogP contribution in [-0.2, 0) is 17.6 Å². The van der Waals surface area contributed by atoms with Crippen LogP contribution in [0.25, 0.3) is 11.3 Å². The van der Waals surface area contributed by atoms with Crippen LogP contribution in [0.5, 0.6) is 0 Å². The quantitative estimate of drug-likeness (QED) is 0.527. The van der Waals surface area contributed by atoms with Gasteiger partial charge in [-0.05, 0) is 38.2 Å². The smallest absolute Gasteiger partial charge is 0.254 e. The van der Waals surface area contributed by atoms with Crippen molar-refractivity contribution in [2.45, 2.75) is 58.4 Å². The Kier molecular flexibility index (Phi) is 5.86. The van der Waals surface area contributed by atoms with Gasteiger partial charge in [0.25, 0.3) is 5.91 Å². The second kappa shape index (κ2) is 8.61. The van der Waals surface area contributed by atoms with Crippen LogP contribution in [0.1, 0.15) is 72.9 Å². The van der Waals surface area contributed by atoms with E-state index in [0.29, 0.717) is 23.3 Å². The van der Waals surface area contributed by atoms with Gasteiger partial charge in [-0.1, -0.05) is 36.3 Å². The van der Waals surface area contributed by atoms with Crippen LogP contribution < -0.4 is 11.5 Å². The number of carbonyl (C=O) groups is 2. The van der Waals surface area contributed by atoms with Gasteiger partial charge in [0, 0.05) is 30.0 Å². The maximum Gasteiger partial charge on any atom is 0.254 e. The minimum atomic E-state index is -0.619. The van der Waals surface area contributed by atoms with Crippen molar-refractivity contribution in [1.29, 1.82) is 0 Å². The fraction of sp³-hybridized carbons (Fsp3) is 0.417. The summed E-state index contributed by atoms with van der Waals surface area (Å²) in [5.41, 5.74) is 14.8. The zero-order chi connectivity index (χ0) is 23.0. The van der Waals surface area contributed by atoms with Gasteiger partial charge < -0.3 is 16.0 Å². The van der Waals surface area contributed by atoms with Gasteiger partial charge in [-0.15, -0.1) is 0 Å². The number of amides is 1. The number of nitrogen functional groups attached to an aromatic ring is 1. The first kappa shape index (κ1) is 21.8. The fourth-order valence-corrected chi connectivity index (χ4v) is 4.02. The van der Waals surface area contributed by atoms with E-state index in [2.05, 4.69) is 17.2 Å². The van der Waals surface area contributed by atoms with E-state index in [1.807, 2.05) is 44.2 Å². The first-order valence-electron chi connectivity index (χ1n) is 11.0. The van der Waals surface area contributed by atoms with E-state index in [1.54, 1.807) is 4.68 Å². The molecule has 0 spiro atoms. The normalized spacial score (nSPS) is 14.6. The van der Waals surface area contributed by atoms with Gasteiger partial charge in [-0.3, -0.25) is 9.59 Å². The minimum absolute atomic E-state index is 0.0115. The molecule has 0 radical (unpaired) electrons. The third kappa shape index (κ3) is 4.44. The molecular formula is C24H29N5O3. The number of Topliss-reactive ketones (excluding diaryl/α,β-unsaturated/α-hetero) is 1. The summed E-state index contributed by atoms with van der Waals surface area (Å²) in [7, 11) is 0. The highest BCUT2D eigenvalue weighted by Gasteiger charge is 2.31. The van der Waals surface area contributed by atoms with Gasteiger partial charge in [0.05, 0.1) is 12.1 Å². The van der Waals surface area contributed by atoms with E-state index >= 15 is 0 Å². The molecule has 3 aromatic rings. The Morgan fingerprint density at radius 3 is 2.44 bits per heavy atom. The molecule has 2 aromatic heterocycles. The van der Waals surface area contributed by atoms with Crippen LogP contribution in [0.15, 0.2) is 34.9 Å². The molecule has 2 heterocycles. The number of rotatable bonds is 9. The van der Waals surface area contributed by atoms with Gasteiger partial charge in [-0.25, -0.2) is 4.68 Å². The lowest BCUT2D eigenvalue weighted by molar-refractivity contribution is -0.118. The number of hydrogen-bond acceptors (Lipinski definition) is 6. The summed E-state index contributed by atoms with van der Waals surface area (Å²) in [5, 5.41) is 8.63. The summed E-state index contributed by atoms with van der Waals surface area (Å²) in [6.07, 6.45) is 2.97. The molecule has 8 heteroatoms. The number of hydrogen-bond donors (Lipinski definition) is 2. The zero-order valence-corrected chi connectivity index (χ0v) is 18.7. The van der Waals surface area contributed by atoms with E-state index < -0.39 is 5.91 Å². The minimum Gasteiger partial charge on any atom is -0.383 e. The number of aromatic nitrogens is 3. The SMILES string of the molecule is CC(c1cc(CC(=O)Cc2ccc(-c3nn(C(C)C)c(N)c3C(N)=O)cc2)on1)C1CC1. The number of carbonyl (C=O) groups excluding carboxylic acids is 2. The molecular weight excluding hydrogens is 406 g/mol. The van der Waals surface area contributed by atoms with Crippen LogP contribution in [0.3, 0.4) is 0 Å². The first-order chi connectivity index (χ1) is 15.2. The molecule has 4 rings (SSSR count). The van der Waals surface area contributed by atoms with E-state index in [-0.39, 0.29) is 36.0 Å². The van der Waals surface area contributed by atoms with Gasteiger partial charge in [-0.2, -0.15) is 5.10 Å². The monoisotopic (exact) mass is 435 g/mol. The Morgan fingerprint density at radius 2 is 1.84 bits per heavy atom.